The Bertz CT molecular complexity index is 561. The molecule has 3 heteroatoms. The Morgan fingerprint density at radius 1 is 1.27 bits per heavy atom. The third kappa shape index (κ3) is 1.24. The molecule has 0 amide bonds. The molecule has 0 bridgehead atoms. The van der Waals surface area contributed by atoms with E-state index < -0.39 is 0 Å². The number of nitrogens with zero attached hydrogens (tertiary/aromatic N) is 1. The van der Waals surface area contributed by atoms with Gasteiger partial charge in [0.25, 0.3) is 0 Å². The largest absolute Gasteiger partial charge is 0.487 e. The van der Waals surface area contributed by atoms with Gasteiger partial charge in [0, 0.05) is 22.8 Å². The van der Waals surface area contributed by atoms with E-state index in [0.717, 1.165) is 27.9 Å². The van der Waals surface area contributed by atoms with Gasteiger partial charge in [-0.15, -0.1) is 0 Å². The zero-order chi connectivity index (χ0) is 10.3. The Kier molecular flexibility index (Phi) is 1.65. The maximum absolute atomic E-state index is 5.76. The highest BCUT2D eigenvalue weighted by Gasteiger charge is 2.12. The summed E-state index contributed by atoms with van der Waals surface area (Å²) in [5, 5.41) is 1.08. The van der Waals surface area contributed by atoms with Crippen LogP contribution in [0.5, 0.6) is 5.75 Å². The van der Waals surface area contributed by atoms with Gasteiger partial charge in [-0.05, 0) is 24.3 Å². The molecule has 2 N–H and O–H groups in total. The Hall–Kier alpha value is -2.03. The monoisotopic (exact) mass is 198 g/mol. The molecule has 1 aromatic heterocycles. The van der Waals surface area contributed by atoms with Gasteiger partial charge in [-0.3, -0.25) is 4.98 Å². The Balaban J connectivity index is 2.39. The lowest BCUT2D eigenvalue weighted by Crippen LogP contribution is -2.13. The summed E-state index contributed by atoms with van der Waals surface area (Å²) in [5.41, 5.74) is 8.50. The molecule has 0 saturated carbocycles. The first-order valence-corrected chi connectivity index (χ1v) is 4.81. The number of pyridine rings is 1. The van der Waals surface area contributed by atoms with Crippen LogP contribution >= 0.6 is 0 Å². The lowest BCUT2D eigenvalue weighted by molar-refractivity contribution is 0.346. The number of nitrogens with two attached hydrogens (primary N) is 1. The second kappa shape index (κ2) is 2.98. The standard InChI is InChI=1S/C12H10N2O/c13-8-6-10-9-2-1-5-14-11(9)3-4-12(10)15-7-8/h1-6H,7,13H2. The van der Waals surface area contributed by atoms with E-state index in [-0.39, 0.29) is 0 Å². The number of fused-ring (bicyclic) bond motifs is 3. The molecule has 1 aliphatic heterocycles. The molecular weight excluding hydrogens is 188 g/mol. The molecule has 0 aliphatic carbocycles. The van der Waals surface area contributed by atoms with E-state index in [1.165, 1.54) is 0 Å². The van der Waals surface area contributed by atoms with E-state index in [2.05, 4.69) is 4.98 Å². The van der Waals surface area contributed by atoms with Crippen LogP contribution in [0, 0.1) is 0 Å². The highest BCUT2D eigenvalue weighted by Crippen LogP contribution is 2.31. The topological polar surface area (TPSA) is 48.1 Å². The maximum Gasteiger partial charge on any atom is 0.128 e. The molecule has 2 aromatic rings. The lowest BCUT2D eigenvalue weighted by Gasteiger charge is -2.16. The van der Waals surface area contributed by atoms with Gasteiger partial charge in [0.1, 0.15) is 12.4 Å². The average molecular weight is 198 g/mol. The molecule has 2 heterocycles. The summed E-state index contributed by atoms with van der Waals surface area (Å²) in [4.78, 5) is 4.29. The molecular formula is C12H10N2O. The van der Waals surface area contributed by atoms with Crippen molar-refractivity contribution in [2.45, 2.75) is 0 Å². The minimum atomic E-state index is 0.471. The van der Waals surface area contributed by atoms with Crippen LogP contribution in [0.4, 0.5) is 0 Å². The fraction of sp³-hybridized carbons (Fsp3) is 0.0833. The highest BCUT2D eigenvalue weighted by molar-refractivity contribution is 5.91. The van der Waals surface area contributed by atoms with Crippen LogP contribution in [0.25, 0.3) is 17.0 Å². The highest BCUT2D eigenvalue weighted by atomic mass is 16.5. The summed E-state index contributed by atoms with van der Waals surface area (Å²) in [7, 11) is 0. The number of ether oxygens (including phenoxy) is 1. The normalized spacial score (nSPS) is 14.3. The summed E-state index contributed by atoms with van der Waals surface area (Å²) in [5.74, 6) is 0.879. The van der Waals surface area contributed by atoms with Crippen molar-refractivity contribution >= 4 is 17.0 Å². The summed E-state index contributed by atoms with van der Waals surface area (Å²) in [6.45, 7) is 0.471. The summed E-state index contributed by atoms with van der Waals surface area (Å²) in [6.07, 6.45) is 3.74. The van der Waals surface area contributed by atoms with Gasteiger partial charge in [0.2, 0.25) is 0 Å². The Morgan fingerprint density at radius 3 is 3.13 bits per heavy atom. The molecule has 74 valence electrons. The molecule has 0 radical (unpaired) electrons. The predicted octanol–water partition coefficient (Wildman–Crippen LogP) is 1.93. The average Bonchev–Trinajstić information content (AvgIpc) is 2.29. The van der Waals surface area contributed by atoms with Crippen molar-refractivity contribution < 1.29 is 4.74 Å². The van der Waals surface area contributed by atoms with Crippen LogP contribution in [0.1, 0.15) is 5.56 Å². The van der Waals surface area contributed by atoms with Gasteiger partial charge in [-0.1, -0.05) is 6.07 Å². The molecule has 3 rings (SSSR count). The van der Waals surface area contributed by atoms with Crippen molar-refractivity contribution in [2.75, 3.05) is 6.61 Å². The first-order chi connectivity index (χ1) is 7.34. The van der Waals surface area contributed by atoms with Crippen LogP contribution in [0.2, 0.25) is 0 Å². The summed E-state index contributed by atoms with van der Waals surface area (Å²) >= 11 is 0. The van der Waals surface area contributed by atoms with Gasteiger partial charge in [0.05, 0.1) is 5.52 Å². The van der Waals surface area contributed by atoms with Gasteiger partial charge < -0.3 is 10.5 Å². The van der Waals surface area contributed by atoms with Gasteiger partial charge in [-0.2, -0.15) is 0 Å². The van der Waals surface area contributed by atoms with Crippen molar-refractivity contribution in [3.05, 3.63) is 41.7 Å². The van der Waals surface area contributed by atoms with Crippen LogP contribution in [-0.4, -0.2) is 11.6 Å². The zero-order valence-corrected chi connectivity index (χ0v) is 8.10. The van der Waals surface area contributed by atoms with Crippen molar-refractivity contribution in [1.29, 1.82) is 0 Å². The number of aromatic nitrogens is 1. The van der Waals surface area contributed by atoms with E-state index >= 15 is 0 Å². The van der Waals surface area contributed by atoms with Crippen molar-refractivity contribution in [3.63, 3.8) is 0 Å². The zero-order valence-electron chi connectivity index (χ0n) is 8.10. The summed E-state index contributed by atoms with van der Waals surface area (Å²) < 4.78 is 5.52. The Morgan fingerprint density at radius 2 is 2.20 bits per heavy atom. The fourth-order valence-electron chi connectivity index (χ4n) is 1.82. The van der Waals surface area contributed by atoms with Crippen molar-refractivity contribution in [2.24, 2.45) is 5.73 Å². The van der Waals surface area contributed by atoms with Crippen LogP contribution in [-0.2, 0) is 0 Å². The van der Waals surface area contributed by atoms with E-state index in [0.29, 0.717) is 6.61 Å². The first-order valence-electron chi connectivity index (χ1n) is 4.81. The van der Waals surface area contributed by atoms with E-state index in [1.807, 2.05) is 30.3 Å². The molecule has 0 unspecified atom stereocenters. The fourth-order valence-corrected chi connectivity index (χ4v) is 1.82. The van der Waals surface area contributed by atoms with Crippen molar-refractivity contribution in [1.82, 2.24) is 4.98 Å². The second-order valence-corrected chi connectivity index (χ2v) is 3.56. The number of benzene rings is 1. The molecule has 0 atom stereocenters. The first kappa shape index (κ1) is 8.29. The maximum atomic E-state index is 5.76. The molecule has 0 saturated heterocycles. The van der Waals surface area contributed by atoms with Gasteiger partial charge >= 0.3 is 0 Å². The minimum Gasteiger partial charge on any atom is -0.487 e. The Labute approximate surface area is 87.2 Å². The SMILES string of the molecule is NC1=Cc2c(ccc3ncccc23)OC1. The third-order valence-electron chi connectivity index (χ3n) is 2.51. The number of hydrogen-bond donors (Lipinski definition) is 1. The van der Waals surface area contributed by atoms with Crippen LogP contribution in [0.3, 0.4) is 0 Å². The quantitative estimate of drug-likeness (QED) is 0.703. The molecule has 3 nitrogen and oxygen atoms in total. The van der Waals surface area contributed by atoms with E-state index in [4.69, 9.17) is 10.5 Å². The van der Waals surface area contributed by atoms with Crippen molar-refractivity contribution in [3.8, 4) is 5.75 Å². The molecule has 1 aliphatic rings. The number of hydrogen-bond acceptors (Lipinski definition) is 3. The summed E-state index contributed by atoms with van der Waals surface area (Å²) in [6, 6.07) is 7.85. The van der Waals surface area contributed by atoms with Crippen LogP contribution < -0.4 is 10.5 Å². The smallest absolute Gasteiger partial charge is 0.128 e. The minimum absolute atomic E-state index is 0.471. The molecule has 0 spiro atoms. The second-order valence-electron chi connectivity index (χ2n) is 3.56. The van der Waals surface area contributed by atoms with Crippen LogP contribution in [0.15, 0.2) is 36.2 Å². The molecule has 15 heavy (non-hydrogen) atoms. The number of rotatable bonds is 0. The van der Waals surface area contributed by atoms with Gasteiger partial charge in [-0.25, -0.2) is 0 Å². The van der Waals surface area contributed by atoms with E-state index in [1.54, 1.807) is 6.20 Å². The molecule has 0 fully saturated rings. The molecule has 1 aromatic carbocycles. The van der Waals surface area contributed by atoms with Gasteiger partial charge in [0.15, 0.2) is 0 Å². The predicted molar refractivity (Wildman–Crippen MR) is 59.4 cm³/mol. The third-order valence-corrected chi connectivity index (χ3v) is 2.51. The van der Waals surface area contributed by atoms with E-state index in [9.17, 15) is 0 Å². The lowest BCUT2D eigenvalue weighted by atomic mass is 10.0.